The third-order valence-electron chi connectivity index (χ3n) is 3.25. The Kier molecular flexibility index (Phi) is 3.47. The first-order chi connectivity index (χ1) is 8.08. The summed E-state index contributed by atoms with van der Waals surface area (Å²) in [5.41, 5.74) is 2.05. The Balaban J connectivity index is 1.98. The number of rotatable bonds is 3. The van der Waals surface area contributed by atoms with Crippen LogP contribution < -0.4 is 10.6 Å². The second kappa shape index (κ2) is 4.87. The van der Waals surface area contributed by atoms with E-state index in [0.29, 0.717) is 0 Å². The van der Waals surface area contributed by atoms with E-state index in [1.165, 1.54) is 0 Å². The van der Waals surface area contributed by atoms with Gasteiger partial charge < -0.3 is 10.6 Å². The molecule has 0 aromatic carbocycles. The quantitative estimate of drug-likeness (QED) is 0.810. The molecule has 1 aliphatic rings. The van der Waals surface area contributed by atoms with Crippen molar-refractivity contribution >= 4 is 5.91 Å². The van der Waals surface area contributed by atoms with Crippen molar-refractivity contribution < 1.29 is 4.79 Å². The van der Waals surface area contributed by atoms with Crippen LogP contribution in [0.2, 0.25) is 0 Å². The number of aromatic nitrogens is 2. The fourth-order valence-electron chi connectivity index (χ4n) is 2.34. The Morgan fingerprint density at radius 2 is 2.47 bits per heavy atom. The molecule has 1 aliphatic heterocycles. The molecular weight excluding hydrogens is 216 g/mol. The van der Waals surface area contributed by atoms with Gasteiger partial charge >= 0.3 is 0 Å². The van der Waals surface area contributed by atoms with Crippen LogP contribution in [0.4, 0.5) is 0 Å². The van der Waals surface area contributed by atoms with Gasteiger partial charge in [-0.1, -0.05) is 0 Å². The highest BCUT2D eigenvalue weighted by Crippen LogP contribution is 2.16. The van der Waals surface area contributed by atoms with Gasteiger partial charge in [0.2, 0.25) is 5.91 Å². The molecule has 2 unspecified atom stereocenters. The van der Waals surface area contributed by atoms with Gasteiger partial charge in [-0.05, 0) is 33.2 Å². The van der Waals surface area contributed by atoms with E-state index < -0.39 is 0 Å². The number of aryl methyl sites for hydroxylation is 2. The van der Waals surface area contributed by atoms with Crippen molar-refractivity contribution in [1.82, 2.24) is 20.4 Å². The third kappa shape index (κ3) is 2.66. The molecule has 0 aliphatic carbocycles. The number of carbonyl (C=O) groups excluding carboxylic acids is 1. The molecule has 94 valence electrons. The smallest absolute Gasteiger partial charge is 0.237 e. The molecule has 1 aromatic rings. The summed E-state index contributed by atoms with van der Waals surface area (Å²) in [7, 11) is 1.89. The molecule has 0 radical (unpaired) electrons. The highest BCUT2D eigenvalue weighted by molar-refractivity contribution is 5.82. The first-order valence-electron chi connectivity index (χ1n) is 6.12. The summed E-state index contributed by atoms with van der Waals surface area (Å²) in [6.07, 6.45) is 3.98. The van der Waals surface area contributed by atoms with Crippen molar-refractivity contribution in [3.63, 3.8) is 0 Å². The fraction of sp³-hybridized carbons (Fsp3) is 0.667. The minimum Gasteiger partial charge on any atom is -0.348 e. The number of amides is 1. The van der Waals surface area contributed by atoms with Crippen molar-refractivity contribution in [2.45, 2.75) is 38.8 Å². The Morgan fingerprint density at radius 1 is 1.71 bits per heavy atom. The maximum absolute atomic E-state index is 11.9. The van der Waals surface area contributed by atoms with Crippen LogP contribution in [0.15, 0.2) is 6.20 Å². The van der Waals surface area contributed by atoms with Crippen LogP contribution in [0.3, 0.4) is 0 Å². The van der Waals surface area contributed by atoms with E-state index in [1.54, 1.807) is 4.68 Å². The number of nitrogens with zero attached hydrogens (tertiary/aromatic N) is 2. The molecule has 1 aromatic heterocycles. The van der Waals surface area contributed by atoms with E-state index in [-0.39, 0.29) is 18.0 Å². The van der Waals surface area contributed by atoms with Gasteiger partial charge in [-0.2, -0.15) is 5.10 Å². The molecule has 2 heterocycles. The number of hydrogen-bond donors (Lipinski definition) is 2. The van der Waals surface area contributed by atoms with E-state index >= 15 is 0 Å². The molecule has 1 fully saturated rings. The molecule has 0 saturated carbocycles. The molecule has 1 saturated heterocycles. The topological polar surface area (TPSA) is 59.0 Å². The fourth-order valence-corrected chi connectivity index (χ4v) is 2.34. The average molecular weight is 236 g/mol. The van der Waals surface area contributed by atoms with Crippen LogP contribution in [0, 0.1) is 6.92 Å². The molecule has 2 atom stereocenters. The van der Waals surface area contributed by atoms with Gasteiger partial charge in [0.15, 0.2) is 0 Å². The van der Waals surface area contributed by atoms with Gasteiger partial charge in [0.05, 0.1) is 17.8 Å². The molecule has 5 heteroatoms. The van der Waals surface area contributed by atoms with Crippen LogP contribution in [-0.4, -0.2) is 28.3 Å². The van der Waals surface area contributed by atoms with Gasteiger partial charge in [-0.15, -0.1) is 0 Å². The first-order valence-corrected chi connectivity index (χ1v) is 6.12. The normalized spacial score (nSPS) is 21.5. The van der Waals surface area contributed by atoms with E-state index in [9.17, 15) is 4.79 Å². The average Bonchev–Trinajstić information content (AvgIpc) is 2.87. The number of nitrogens with one attached hydrogen (secondary N) is 2. The summed E-state index contributed by atoms with van der Waals surface area (Å²) in [4.78, 5) is 11.9. The third-order valence-corrected chi connectivity index (χ3v) is 3.25. The van der Waals surface area contributed by atoms with E-state index in [0.717, 1.165) is 30.6 Å². The minimum absolute atomic E-state index is 0.0126. The second-order valence-electron chi connectivity index (χ2n) is 4.72. The summed E-state index contributed by atoms with van der Waals surface area (Å²) >= 11 is 0. The van der Waals surface area contributed by atoms with Gasteiger partial charge in [0.1, 0.15) is 0 Å². The summed E-state index contributed by atoms with van der Waals surface area (Å²) in [5.74, 6) is 0.0956. The Morgan fingerprint density at radius 3 is 3.00 bits per heavy atom. The monoisotopic (exact) mass is 236 g/mol. The lowest BCUT2D eigenvalue weighted by Gasteiger charge is -2.16. The first kappa shape index (κ1) is 12.1. The van der Waals surface area contributed by atoms with Gasteiger partial charge in [-0.25, -0.2) is 0 Å². The summed E-state index contributed by atoms with van der Waals surface area (Å²) in [6.45, 7) is 4.90. The highest BCUT2D eigenvalue weighted by Gasteiger charge is 2.24. The van der Waals surface area contributed by atoms with E-state index in [1.807, 2.05) is 27.1 Å². The maximum atomic E-state index is 11.9. The number of carbonyl (C=O) groups is 1. The molecule has 2 rings (SSSR count). The predicted molar refractivity (Wildman–Crippen MR) is 65.5 cm³/mol. The van der Waals surface area contributed by atoms with Crippen molar-refractivity contribution in [3.8, 4) is 0 Å². The van der Waals surface area contributed by atoms with Gasteiger partial charge in [0.25, 0.3) is 0 Å². The van der Waals surface area contributed by atoms with Crippen molar-refractivity contribution in [3.05, 3.63) is 17.5 Å². The Bertz CT molecular complexity index is 407. The Labute approximate surface area is 102 Å². The summed E-state index contributed by atoms with van der Waals surface area (Å²) in [6, 6.07) is -0.00646. The van der Waals surface area contributed by atoms with Crippen LogP contribution in [0.1, 0.15) is 37.1 Å². The molecule has 0 bridgehead atoms. The van der Waals surface area contributed by atoms with Crippen LogP contribution in [0.25, 0.3) is 0 Å². The van der Waals surface area contributed by atoms with Crippen molar-refractivity contribution in [1.29, 1.82) is 0 Å². The lowest BCUT2D eigenvalue weighted by atomic mass is 10.1. The van der Waals surface area contributed by atoms with E-state index in [2.05, 4.69) is 15.7 Å². The van der Waals surface area contributed by atoms with E-state index in [4.69, 9.17) is 0 Å². The zero-order valence-corrected chi connectivity index (χ0v) is 10.7. The van der Waals surface area contributed by atoms with Gasteiger partial charge in [0, 0.05) is 18.8 Å². The zero-order chi connectivity index (χ0) is 12.4. The second-order valence-corrected chi connectivity index (χ2v) is 4.72. The predicted octanol–water partition coefficient (Wildman–Crippen LogP) is 0.658. The standard InChI is InChI=1S/C12H20N4O/c1-8(10-7-16(3)15-9(10)2)14-12(17)11-5-4-6-13-11/h7-8,11,13H,4-6H2,1-3H3,(H,14,17). The molecule has 0 spiro atoms. The van der Waals surface area contributed by atoms with Crippen LogP contribution in [0.5, 0.6) is 0 Å². The lowest BCUT2D eigenvalue weighted by molar-refractivity contribution is -0.123. The molecule has 5 nitrogen and oxygen atoms in total. The molecule has 2 N–H and O–H groups in total. The lowest BCUT2D eigenvalue weighted by Crippen LogP contribution is -2.41. The van der Waals surface area contributed by atoms with Crippen molar-refractivity contribution in [2.24, 2.45) is 7.05 Å². The van der Waals surface area contributed by atoms with Gasteiger partial charge in [-0.3, -0.25) is 9.48 Å². The largest absolute Gasteiger partial charge is 0.348 e. The van der Waals surface area contributed by atoms with Crippen LogP contribution in [-0.2, 0) is 11.8 Å². The summed E-state index contributed by atoms with van der Waals surface area (Å²) < 4.78 is 1.78. The molecule has 1 amide bonds. The minimum atomic E-state index is -0.0190. The zero-order valence-electron chi connectivity index (χ0n) is 10.7. The molecular formula is C12H20N4O. The van der Waals surface area contributed by atoms with Crippen molar-refractivity contribution in [2.75, 3.05) is 6.54 Å². The number of hydrogen-bond acceptors (Lipinski definition) is 3. The van der Waals surface area contributed by atoms with Crippen LogP contribution >= 0.6 is 0 Å². The molecule has 17 heavy (non-hydrogen) atoms. The SMILES string of the molecule is Cc1nn(C)cc1C(C)NC(=O)C1CCCN1. The maximum Gasteiger partial charge on any atom is 0.237 e. The summed E-state index contributed by atoms with van der Waals surface area (Å²) in [5, 5.41) is 10.5. The Hall–Kier alpha value is -1.36. The highest BCUT2D eigenvalue weighted by atomic mass is 16.2.